The minimum absolute atomic E-state index is 0.173. The van der Waals surface area contributed by atoms with Gasteiger partial charge in [0, 0.05) is 24.2 Å². The number of nitrogens with zero attached hydrogens (tertiary/aromatic N) is 2. The number of hydrogen-bond donors (Lipinski definition) is 1. The molecule has 0 saturated carbocycles. The second kappa shape index (κ2) is 5.88. The molecule has 7 nitrogen and oxygen atoms in total. The van der Waals surface area contributed by atoms with Crippen molar-refractivity contribution in [3.05, 3.63) is 57.1 Å². The number of oxazole rings is 1. The van der Waals surface area contributed by atoms with Crippen molar-refractivity contribution in [2.75, 3.05) is 6.61 Å². The number of fused-ring (bicyclic) bond motifs is 1. The van der Waals surface area contributed by atoms with Crippen LogP contribution in [0.2, 0.25) is 0 Å². The largest absolute Gasteiger partial charge is 0.488 e. The number of nitrogens with one attached hydrogen (secondary N) is 1. The van der Waals surface area contributed by atoms with Crippen molar-refractivity contribution in [2.24, 2.45) is 0 Å². The molecule has 0 amide bonds. The fraction of sp³-hybridized carbons (Fsp3) is 0.267. The van der Waals surface area contributed by atoms with Crippen LogP contribution in [0.5, 0.6) is 5.75 Å². The Morgan fingerprint density at radius 3 is 3.05 bits per heavy atom. The first-order valence-corrected chi connectivity index (χ1v) is 6.98. The maximum Gasteiger partial charge on any atom is 0.421 e. The normalized spacial score (nSPS) is 11.0. The summed E-state index contributed by atoms with van der Waals surface area (Å²) in [5.74, 6) is -0.242. The molecule has 1 N–H and O–H groups in total. The van der Waals surface area contributed by atoms with E-state index in [1.54, 1.807) is 18.3 Å². The number of rotatable bonds is 5. The van der Waals surface area contributed by atoms with Crippen LogP contribution in [0.4, 0.5) is 0 Å². The summed E-state index contributed by atoms with van der Waals surface area (Å²) in [6.07, 6.45) is 3.91. The van der Waals surface area contributed by atoms with Gasteiger partial charge in [0.2, 0.25) is 5.43 Å². The van der Waals surface area contributed by atoms with E-state index in [0.717, 1.165) is 6.42 Å². The second-order valence-corrected chi connectivity index (χ2v) is 4.81. The Bertz CT molecular complexity index is 907. The average Bonchev–Trinajstić information content (AvgIpc) is 2.83. The van der Waals surface area contributed by atoms with Gasteiger partial charge < -0.3 is 14.1 Å². The smallest absolute Gasteiger partial charge is 0.421 e. The Morgan fingerprint density at radius 2 is 2.27 bits per heavy atom. The molecule has 0 atom stereocenters. The van der Waals surface area contributed by atoms with Crippen molar-refractivity contribution in [3.8, 4) is 5.75 Å². The third-order valence-corrected chi connectivity index (χ3v) is 3.15. The van der Waals surface area contributed by atoms with Crippen molar-refractivity contribution >= 4 is 11.2 Å². The van der Waals surface area contributed by atoms with Crippen LogP contribution in [0.1, 0.15) is 19.0 Å². The third kappa shape index (κ3) is 2.65. The number of H-pyrrole nitrogens is 1. The van der Waals surface area contributed by atoms with Gasteiger partial charge in [-0.05, 0) is 18.6 Å². The van der Waals surface area contributed by atoms with Crippen LogP contribution in [-0.4, -0.2) is 21.1 Å². The van der Waals surface area contributed by atoms with E-state index in [-0.39, 0.29) is 17.7 Å². The maximum atomic E-state index is 12.0. The number of aromatic amines is 1. The molecule has 0 aliphatic rings. The van der Waals surface area contributed by atoms with Crippen LogP contribution >= 0.6 is 0 Å². The van der Waals surface area contributed by atoms with Gasteiger partial charge in [-0.2, -0.15) is 0 Å². The van der Waals surface area contributed by atoms with E-state index in [2.05, 4.69) is 9.97 Å². The summed E-state index contributed by atoms with van der Waals surface area (Å²) in [6.45, 7) is 2.62. The average molecular weight is 301 g/mol. The van der Waals surface area contributed by atoms with Crippen molar-refractivity contribution in [3.63, 3.8) is 0 Å². The van der Waals surface area contributed by atoms with E-state index in [1.807, 2.05) is 6.92 Å². The quantitative estimate of drug-likeness (QED) is 0.771. The molecule has 0 fully saturated rings. The Morgan fingerprint density at radius 1 is 1.41 bits per heavy atom. The molecule has 3 aromatic rings. The van der Waals surface area contributed by atoms with Crippen molar-refractivity contribution in [1.29, 1.82) is 0 Å². The topological polar surface area (TPSA) is 90.1 Å². The van der Waals surface area contributed by atoms with Gasteiger partial charge in [0.25, 0.3) is 0 Å². The molecule has 0 bridgehead atoms. The first-order chi connectivity index (χ1) is 10.7. The summed E-state index contributed by atoms with van der Waals surface area (Å²) >= 11 is 0. The van der Waals surface area contributed by atoms with E-state index in [1.165, 1.54) is 16.8 Å². The Kier molecular flexibility index (Phi) is 3.78. The van der Waals surface area contributed by atoms with Gasteiger partial charge in [0.1, 0.15) is 0 Å². The highest BCUT2D eigenvalue weighted by molar-refractivity contribution is 5.67. The molecule has 0 aliphatic heterocycles. The van der Waals surface area contributed by atoms with Gasteiger partial charge in [-0.3, -0.25) is 9.36 Å². The summed E-state index contributed by atoms with van der Waals surface area (Å²) in [7, 11) is 0. The number of pyridine rings is 2. The molecule has 0 aliphatic carbocycles. The fourth-order valence-corrected chi connectivity index (χ4v) is 2.13. The minimum atomic E-state index is -0.513. The molecule has 3 aromatic heterocycles. The lowest BCUT2D eigenvalue weighted by Crippen LogP contribution is -2.18. The predicted molar refractivity (Wildman–Crippen MR) is 80.2 cm³/mol. The second-order valence-electron chi connectivity index (χ2n) is 4.81. The molecule has 0 unspecified atom stereocenters. The lowest BCUT2D eigenvalue weighted by Gasteiger charge is -2.06. The molecule has 0 spiro atoms. The first-order valence-electron chi connectivity index (χ1n) is 6.98. The van der Waals surface area contributed by atoms with Gasteiger partial charge in [-0.1, -0.05) is 6.92 Å². The van der Waals surface area contributed by atoms with E-state index in [4.69, 9.17) is 9.15 Å². The standard InChI is InChI=1S/C15H15N3O4/c1-2-6-21-13-8-17-10(7-11(13)19)9-18-14-12(22-15(18)20)4-3-5-16-14/h3-5,7-8H,2,6,9H2,1H3,(H,17,19). The molecule has 0 radical (unpaired) electrons. The molecule has 3 rings (SSSR count). The monoisotopic (exact) mass is 301 g/mol. The zero-order valence-electron chi connectivity index (χ0n) is 12.0. The van der Waals surface area contributed by atoms with E-state index >= 15 is 0 Å². The fourth-order valence-electron chi connectivity index (χ4n) is 2.13. The summed E-state index contributed by atoms with van der Waals surface area (Å²) in [4.78, 5) is 30.9. The lowest BCUT2D eigenvalue weighted by atomic mass is 10.3. The highest BCUT2D eigenvalue weighted by Gasteiger charge is 2.11. The number of aromatic nitrogens is 3. The Hall–Kier alpha value is -2.83. The lowest BCUT2D eigenvalue weighted by molar-refractivity contribution is 0.313. The first kappa shape index (κ1) is 14.1. The molecule has 22 heavy (non-hydrogen) atoms. The zero-order chi connectivity index (χ0) is 15.5. The highest BCUT2D eigenvalue weighted by Crippen LogP contribution is 2.10. The molecular formula is C15H15N3O4. The van der Waals surface area contributed by atoms with Gasteiger partial charge >= 0.3 is 5.76 Å². The summed E-state index contributed by atoms with van der Waals surface area (Å²) in [6, 6.07) is 4.78. The van der Waals surface area contributed by atoms with Crippen LogP contribution in [-0.2, 0) is 6.54 Å². The molecule has 0 saturated heterocycles. The molecule has 7 heteroatoms. The number of hydrogen-bond acceptors (Lipinski definition) is 5. The maximum absolute atomic E-state index is 12.0. The highest BCUT2D eigenvalue weighted by atomic mass is 16.5. The van der Waals surface area contributed by atoms with Crippen LogP contribution in [0.25, 0.3) is 11.2 Å². The van der Waals surface area contributed by atoms with E-state index < -0.39 is 5.76 Å². The van der Waals surface area contributed by atoms with Crippen LogP contribution in [0, 0.1) is 0 Å². The number of ether oxygens (including phenoxy) is 1. The van der Waals surface area contributed by atoms with Crippen LogP contribution in [0.3, 0.4) is 0 Å². The molecule has 0 aromatic carbocycles. The summed E-state index contributed by atoms with van der Waals surface area (Å²) in [5.41, 5.74) is 1.21. The van der Waals surface area contributed by atoms with Gasteiger partial charge in [0.05, 0.1) is 13.2 Å². The van der Waals surface area contributed by atoms with Gasteiger partial charge in [0.15, 0.2) is 17.0 Å². The van der Waals surface area contributed by atoms with Gasteiger partial charge in [-0.15, -0.1) is 0 Å². The van der Waals surface area contributed by atoms with Gasteiger partial charge in [-0.25, -0.2) is 9.78 Å². The summed E-state index contributed by atoms with van der Waals surface area (Å²) in [5, 5.41) is 0. The van der Waals surface area contributed by atoms with Crippen molar-refractivity contribution in [1.82, 2.24) is 14.5 Å². The van der Waals surface area contributed by atoms with Crippen LogP contribution in [0.15, 0.2) is 44.6 Å². The van der Waals surface area contributed by atoms with E-state index in [9.17, 15) is 9.59 Å². The van der Waals surface area contributed by atoms with Crippen molar-refractivity contribution < 1.29 is 9.15 Å². The molecular weight excluding hydrogens is 286 g/mol. The molecule has 3 heterocycles. The predicted octanol–water partition coefficient (Wildman–Crippen LogP) is 1.51. The SMILES string of the molecule is CCCOc1c[nH]c(Cn2c(=O)oc3cccnc32)cc1=O. The minimum Gasteiger partial charge on any atom is -0.488 e. The summed E-state index contributed by atoms with van der Waals surface area (Å²) < 4.78 is 11.8. The van der Waals surface area contributed by atoms with Crippen LogP contribution < -0.4 is 15.9 Å². The Labute approximate surface area is 125 Å². The zero-order valence-corrected chi connectivity index (χ0v) is 12.0. The Balaban J connectivity index is 1.92. The molecule has 114 valence electrons. The van der Waals surface area contributed by atoms with Crippen molar-refractivity contribution in [2.45, 2.75) is 19.9 Å². The third-order valence-electron chi connectivity index (χ3n) is 3.15. The van der Waals surface area contributed by atoms with E-state index in [0.29, 0.717) is 23.5 Å².